The first kappa shape index (κ1) is 27.1. The predicted molar refractivity (Wildman–Crippen MR) is 170 cm³/mol. The number of hydrogen-bond acceptors (Lipinski definition) is 4. The summed E-state index contributed by atoms with van der Waals surface area (Å²) in [4.78, 5) is 38.6. The van der Waals surface area contributed by atoms with Crippen molar-refractivity contribution in [1.82, 2.24) is 19.4 Å². The van der Waals surface area contributed by atoms with Gasteiger partial charge in [-0.15, -0.1) is 0 Å². The summed E-state index contributed by atoms with van der Waals surface area (Å²) in [5.74, 6) is -0.0818. The summed E-state index contributed by atoms with van der Waals surface area (Å²) in [6, 6.07) is 30.4. The highest BCUT2D eigenvalue weighted by Crippen LogP contribution is 2.32. The first-order valence-electron chi connectivity index (χ1n) is 15.0. The molecular formula is C36H35N5O2. The van der Waals surface area contributed by atoms with E-state index in [0.29, 0.717) is 24.3 Å². The SMILES string of the molecule is CN1CCC(N(C)C(=O)c2ccc3n2Cc2ccccc2N(C(=O)c2ccc(-c4cccc5ccccc45)nc2)C3)CC1. The molecule has 0 atom stereocenters. The number of likely N-dealkylation sites (tertiary alicyclic amines) is 1. The Morgan fingerprint density at radius 1 is 0.837 bits per heavy atom. The molecule has 5 aromatic rings. The average Bonchev–Trinajstić information content (AvgIpc) is 3.36. The second kappa shape index (κ2) is 11.2. The van der Waals surface area contributed by atoms with Crippen LogP contribution in [0.2, 0.25) is 0 Å². The summed E-state index contributed by atoms with van der Waals surface area (Å²) in [7, 11) is 4.05. The van der Waals surface area contributed by atoms with Crippen LogP contribution in [-0.2, 0) is 13.1 Å². The van der Waals surface area contributed by atoms with Crippen molar-refractivity contribution >= 4 is 28.3 Å². The van der Waals surface area contributed by atoms with Crippen LogP contribution >= 0.6 is 0 Å². The third-order valence-corrected chi connectivity index (χ3v) is 9.10. The fraction of sp³-hybridized carbons (Fsp3) is 0.250. The summed E-state index contributed by atoms with van der Waals surface area (Å²) in [6.07, 6.45) is 3.63. The number of benzene rings is 3. The number of piperidine rings is 1. The minimum Gasteiger partial charge on any atom is -0.337 e. The standard InChI is InChI=1S/C36H35N5O2/c1-38-20-18-28(19-21-38)39(2)36(43)34-17-15-29-24-41(33-13-6-4-9-27(33)23-40(29)34)35(42)26-14-16-32(37-22-26)31-12-7-10-25-8-3-5-11-30(25)31/h3-17,22,28H,18-21,23-24H2,1-2H3. The number of pyridine rings is 1. The van der Waals surface area contributed by atoms with E-state index in [2.05, 4.69) is 40.8 Å². The fourth-order valence-electron chi connectivity index (χ4n) is 6.54. The molecule has 43 heavy (non-hydrogen) atoms. The third-order valence-electron chi connectivity index (χ3n) is 9.10. The van der Waals surface area contributed by atoms with Crippen LogP contribution in [0.25, 0.3) is 22.0 Å². The quantitative estimate of drug-likeness (QED) is 0.263. The van der Waals surface area contributed by atoms with E-state index in [9.17, 15) is 9.59 Å². The Kier molecular flexibility index (Phi) is 7.03. The van der Waals surface area contributed by atoms with Crippen LogP contribution in [0.4, 0.5) is 5.69 Å². The minimum absolute atomic E-state index is 0.0336. The van der Waals surface area contributed by atoms with Crippen LogP contribution in [0.15, 0.2) is 97.2 Å². The number of anilines is 1. The van der Waals surface area contributed by atoms with Gasteiger partial charge in [0.15, 0.2) is 0 Å². The lowest BCUT2D eigenvalue weighted by molar-refractivity contribution is 0.0649. The second-order valence-electron chi connectivity index (χ2n) is 11.7. The van der Waals surface area contributed by atoms with E-state index in [-0.39, 0.29) is 17.9 Å². The molecule has 0 aliphatic carbocycles. The van der Waals surface area contributed by atoms with Gasteiger partial charge in [-0.05, 0) is 79.6 Å². The molecule has 7 rings (SSSR count). The Labute approximate surface area is 252 Å². The normalized spacial score (nSPS) is 15.5. The number of nitrogens with zero attached hydrogens (tertiary/aromatic N) is 5. The lowest BCUT2D eigenvalue weighted by Crippen LogP contribution is -2.45. The number of para-hydroxylation sites is 1. The van der Waals surface area contributed by atoms with Gasteiger partial charge in [0.25, 0.3) is 11.8 Å². The molecule has 2 aliphatic heterocycles. The van der Waals surface area contributed by atoms with Crippen LogP contribution in [0.3, 0.4) is 0 Å². The van der Waals surface area contributed by atoms with Gasteiger partial charge < -0.3 is 19.3 Å². The van der Waals surface area contributed by atoms with Crippen LogP contribution in [0.5, 0.6) is 0 Å². The Morgan fingerprint density at radius 2 is 1.60 bits per heavy atom. The van der Waals surface area contributed by atoms with E-state index in [0.717, 1.165) is 64.9 Å². The van der Waals surface area contributed by atoms with Crippen molar-refractivity contribution in [1.29, 1.82) is 0 Å². The van der Waals surface area contributed by atoms with E-state index in [4.69, 9.17) is 4.98 Å². The minimum atomic E-state index is -0.115. The number of fused-ring (bicyclic) bond motifs is 3. The van der Waals surface area contributed by atoms with Crippen LogP contribution in [0.1, 0.15) is 44.9 Å². The van der Waals surface area contributed by atoms with Crippen LogP contribution in [-0.4, -0.2) is 64.4 Å². The van der Waals surface area contributed by atoms with E-state index >= 15 is 0 Å². The molecule has 0 unspecified atom stereocenters. The second-order valence-corrected chi connectivity index (χ2v) is 11.7. The van der Waals surface area contributed by atoms with Crippen molar-refractivity contribution in [2.75, 3.05) is 32.1 Å². The molecular weight excluding hydrogens is 534 g/mol. The van der Waals surface area contributed by atoms with Gasteiger partial charge in [-0.25, -0.2) is 0 Å². The van der Waals surface area contributed by atoms with Gasteiger partial charge in [0.2, 0.25) is 0 Å². The predicted octanol–water partition coefficient (Wildman–Crippen LogP) is 6.08. The zero-order valence-electron chi connectivity index (χ0n) is 24.6. The number of aromatic nitrogens is 2. The maximum absolute atomic E-state index is 14.1. The largest absolute Gasteiger partial charge is 0.337 e. The molecule has 3 aromatic carbocycles. The van der Waals surface area contributed by atoms with Gasteiger partial charge in [0.05, 0.1) is 24.3 Å². The molecule has 7 heteroatoms. The van der Waals surface area contributed by atoms with Crippen LogP contribution in [0, 0.1) is 0 Å². The highest BCUT2D eigenvalue weighted by molar-refractivity contribution is 6.07. The number of carbonyl (C=O) groups excluding carboxylic acids is 2. The van der Waals surface area contributed by atoms with Gasteiger partial charge in [-0.2, -0.15) is 0 Å². The van der Waals surface area contributed by atoms with Crippen molar-refractivity contribution in [3.05, 3.63) is 120 Å². The molecule has 2 aliphatic rings. The summed E-state index contributed by atoms with van der Waals surface area (Å²) < 4.78 is 2.09. The third kappa shape index (κ3) is 5.00. The number of carbonyl (C=O) groups is 2. The smallest absolute Gasteiger partial charge is 0.270 e. The lowest BCUT2D eigenvalue weighted by Gasteiger charge is -2.35. The molecule has 216 valence electrons. The molecule has 7 nitrogen and oxygen atoms in total. The summed E-state index contributed by atoms with van der Waals surface area (Å²) in [6.45, 7) is 2.89. The molecule has 2 aromatic heterocycles. The van der Waals surface area contributed by atoms with Gasteiger partial charge in [-0.3, -0.25) is 14.6 Å². The van der Waals surface area contributed by atoms with Gasteiger partial charge in [0.1, 0.15) is 5.69 Å². The zero-order chi connectivity index (χ0) is 29.5. The Morgan fingerprint density at radius 3 is 2.42 bits per heavy atom. The maximum atomic E-state index is 14.1. The molecule has 0 radical (unpaired) electrons. The fourth-order valence-corrected chi connectivity index (χ4v) is 6.54. The summed E-state index contributed by atoms with van der Waals surface area (Å²) in [5.41, 5.74) is 5.86. The first-order chi connectivity index (χ1) is 21.0. The average molecular weight is 570 g/mol. The maximum Gasteiger partial charge on any atom is 0.270 e. The van der Waals surface area contributed by atoms with Crippen molar-refractivity contribution in [2.24, 2.45) is 0 Å². The first-order valence-corrected chi connectivity index (χ1v) is 15.0. The molecule has 4 heterocycles. The van der Waals surface area contributed by atoms with Gasteiger partial charge >= 0.3 is 0 Å². The Bertz CT molecular complexity index is 1810. The Balaban J connectivity index is 1.18. The molecule has 0 bridgehead atoms. The molecule has 0 spiro atoms. The van der Waals surface area contributed by atoms with E-state index in [1.807, 2.05) is 83.6 Å². The van der Waals surface area contributed by atoms with E-state index in [1.54, 1.807) is 6.20 Å². The van der Waals surface area contributed by atoms with Crippen molar-refractivity contribution in [3.63, 3.8) is 0 Å². The van der Waals surface area contributed by atoms with Gasteiger partial charge in [0, 0.05) is 36.2 Å². The van der Waals surface area contributed by atoms with Crippen molar-refractivity contribution in [3.8, 4) is 11.3 Å². The van der Waals surface area contributed by atoms with E-state index in [1.165, 1.54) is 0 Å². The molecule has 1 fully saturated rings. The van der Waals surface area contributed by atoms with Gasteiger partial charge in [-0.1, -0.05) is 60.7 Å². The number of hydrogen-bond donors (Lipinski definition) is 0. The molecule has 0 N–H and O–H groups in total. The molecule has 1 saturated heterocycles. The topological polar surface area (TPSA) is 61.7 Å². The lowest BCUT2D eigenvalue weighted by atomic mass is 10.0. The molecule has 2 amide bonds. The monoisotopic (exact) mass is 569 g/mol. The highest BCUT2D eigenvalue weighted by atomic mass is 16.2. The highest BCUT2D eigenvalue weighted by Gasteiger charge is 2.30. The van der Waals surface area contributed by atoms with E-state index < -0.39 is 0 Å². The number of rotatable bonds is 4. The van der Waals surface area contributed by atoms with Crippen LogP contribution < -0.4 is 4.90 Å². The van der Waals surface area contributed by atoms with Crippen molar-refractivity contribution in [2.45, 2.75) is 32.0 Å². The summed E-state index contributed by atoms with van der Waals surface area (Å²) >= 11 is 0. The summed E-state index contributed by atoms with van der Waals surface area (Å²) in [5, 5.41) is 2.28. The molecule has 0 saturated carbocycles. The Hall–Kier alpha value is -4.75. The number of amides is 2. The van der Waals surface area contributed by atoms with Crippen molar-refractivity contribution < 1.29 is 9.59 Å². The zero-order valence-corrected chi connectivity index (χ0v) is 24.6.